The zero-order valence-electron chi connectivity index (χ0n) is 11.4. The number of amides is 1. The summed E-state index contributed by atoms with van der Waals surface area (Å²) in [5.41, 5.74) is 2.26. The van der Waals surface area contributed by atoms with E-state index in [-0.39, 0.29) is 11.9 Å². The molecule has 5 nitrogen and oxygen atoms in total. The van der Waals surface area contributed by atoms with Gasteiger partial charge in [0.2, 0.25) is 11.8 Å². The van der Waals surface area contributed by atoms with Gasteiger partial charge in [0.1, 0.15) is 0 Å². The Hall–Kier alpha value is -1.95. The number of methoxy groups -OCH3 is 1. The molecule has 1 aromatic heterocycles. The van der Waals surface area contributed by atoms with Crippen LogP contribution >= 0.6 is 15.9 Å². The fraction of sp³-hybridized carbons (Fsp3) is 0.214. The Kier molecular flexibility index (Phi) is 4.34. The molecule has 0 aliphatic heterocycles. The summed E-state index contributed by atoms with van der Waals surface area (Å²) < 4.78 is 6.01. The number of hydrogen-bond acceptors (Lipinski definition) is 4. The highest BCUT2D eigenvalue weighted by Crippen LogP contribution is 2.18. The van der Waals surface area contributed by atoms with E-state index >= 15 is 0 Å². The molecule has 2 aromatic rings. The number of aromatic nitrogens is 2. The van der Waals surface area contributed by atoms with Crippen LogP contribution in [-0.4, -0.2) is 23.0 Å². The van der Waals surface area contributed by atoms with Gasteiger partial charge in [-0.2, -0.15) is 4.98 Å². The summed E-state index contributed by atoms with van der Waals surface area (Å²) in [6, 6.07) is 7.06. The van der Waals surface area contributed by atoms with E-state index in [2.05, 4.69) is 31.2 Å². The highest BCUT2D eigenvalue weighted by Gasteiger charge is 2.10. The van der Waals surface area contributed by atoms with E-state index in [0.29, 0.717) is 11.4 Å². The van der Waals surface area contributed by atoms with Crippen molar-refractivity contribution in [2.75, 3.05) is 12.4 Å². The molecule has 6 heteroatoms. The van der Waals surface area contributed by atoms with Crippen molar-refractivity contribution in [1.29, 1.82) is 0 Å². The molecule has 1 heterocycles. The summed E-state index contributed by atoms with van der Waals surface area (Å²) in [5, 5.41) is 2.66. The summed E-state index contributed by atoms with van der Waals surface area (Å²) in [7, 11) is 1.52. The lowest BCUT2D eigenvalue weighted by molar-refractivity contribution is 0.102. The molecule has 20 heavy (non-hydrogen) atoms. The maximum atomic E-state index is 12.1. The summed E-state index contributed by atoms with van der Waals surface area (Å²) in [6.45, 7) is 3.73. The first-order valence-electron chi connectivity index (χ1n) is 5.97. The molecule has 1 N–H and O–H groups in total. The van der Waals surface area contributed by atoms with Gasteiger partial charge in [-0.15, -0.1) is 0 Å². The maximum Gasteiger partial charge on any atom is 0.258 e. The van der Waals surface area contributed by atoms with E-state index in [9.17, 15) is 4.79 Å². The van der Waals surface area contributed by atoms with Crippen molar-refractivity contribution in [3.8, 4) is 5.88 Å². The molecule has 104 valence electrons. The Morgan fingerprint density at radius 3 is 2.65 bits per heavy atom. The summed E-state index contributed by atoms with van der Waals surface area (Å²) in [6.07, 6.45) is 0. The molecular weight excluding hydrogens is 322 g/mol. The fourth-order valence-corrected chi connectivity index (χ4v) is 1.91. The van der Waals surface area contributed by atoms with Gasteiger partial charge in [-0.05, 0) is 37.6 Å². The second kappa shape index (κ2) is 6.00. The number of benzene rings is 1. The predicted molar refractivity (Wildman–Crippen MR) is 80.2 cm³/mol. The number of aryl methyl sites for hydroxylation is 2. The van der Waals surface area contributed by atoms with E-state index < -0.39 is 0 Å². The van der Waals surface area contributed by atoms with Gasteiger partial charge >= 0.3 is 0 Å². The minimum absolute atomic E-state index is 0.229. The third-order valence-electron chi connectivity index (χ3n) is 2.69. The first kappa shape index (κ1) is 14.5. The van der Waals surface area contributed by atoms with Crippen molar-refractivity contribution in [2.24, 2.45) is 0 Å². The van der Waals surface area contributed by atoms with Crippen molar-refractivity contribution in [3.63, 3.8) is 0 Å². The predicted octanol–water partition coefficient (Wildman–Crippen LogP) is 3.12. The molecule has 0 aliphatic rings. The van der Waals surface area contributed by atoms with Crippen LogP contribution in [0.4, 0.5) is 5.95 Å². The summed E-state index contributed by atoms with van der Waals surface area (Å²) >= 11 is 3.40. The van der Waals surface area contributed by atoms with Crippen molar-refractivity contribution in [1.82, 2.24) is 9.97 Å². The van der Waals surface area contributed by atoms with Crippen LogP contribution in [0.25, 0.3) is 0 Å². The molecule has 0 bridgehead atoms. The lowest BCUT2D eigenvalue weighted by atomic mass is 10.1. The average Bonchev–Trinajstić information content (AvgIpc) is 2.41. The van der Waals surface area contributed by atoms with Gasteiger partial charge in [0.15, 0.2) is 0 Å². The van der Waals surface area contributed by atoms with E-state index in [4.69, 9.17) is 4.74 Å². The molecule has 2 rings (SSSR count). The molecule has 0 fully saturated rings. The van der Waals surface area contributed by atoms with Crippen LogP contribution in [-0.2, 0) is 0 Å². The van der Waals surface area contributed by atoms with Crippen LogP contribution in [0.5, 0.6) is 5.88 Å². The molecule has 1 aromatic carbocycles. The minimum Gasteiger partial charge on any atom is -0.481 e. The van der Waals surface area contributed by atoms with E-state index in [1.165, 1.54) is 7.11 Å². The second-order valence-electron chi connectivity index (χ2n) is 4.29. The highest BCUT2D eigenvalue weighted by atomic mass is 79.9. The topological polar surface area (TPSA) is 64.1 Å². The Morgan fingerprint density at radius 2 is 2.00 bits per heavy atom. The Morgan fingerprint density at radius 1 is 1.25 bits per heavy atom. The number of hydrogen-bond donors (Lipinski definition) is 1. The number of anilines is 1. The molecule has 0 spiro atoms. The monoisotopic (exact) mass is 335 g/mol. The van der Waals surface area contributed by atoms with Crippen LogP contribution in [0.15, 0.2) is 28.7 Å². The smallest absolute Gasteiger partial charge is 0.258 e. The van der Waals surface area contributed by atoms with Gasteiger partial charge in [-0.25, -0.2) is 4.98 Å². The first-order chi connectivity index (χ1) is 9.49. The van der Waals surface area contributed by atoms with Crippen LogP contribution in [0.3, 0.4) is 0 Å². The quantitative estimate of drug-likeness (QED) is 0.935. The van der Waals surface area contributed by atoms with E-state index in [0.717, 1.165) is 15.7 Å². The van der Waals surface area contributed by atoms with Crippen molar-refractivity contribution in [2.45, 2.75) is 13.8 Å². The molecule has 0 aliphatic carbocycles. The Balaban J connectivity index is 2.23. The number of rotatable bonds is 3. The zero-order chi connectivity index (χ0) is 14.7. The molecule has 0 radical (unpaired) electrons. The lowest BCUT2D eigenvalue weighted by Gasteiger charge is -2.07. The zero-order valence-corrected chi connectivity index (χ0v) is 13.0. The third-order valence-corrected chi connectivity index (χ3v) is 3.58. The molecule has 0 unspecified atom stereocenters. The van der Waals surface area contributed by atoms with Crippen molar-refractivity contribution >= 4 is 27.8 Å². The normalized spacial score (nSPS) is 10.2. The minimum atomic E-state index is -0.256. The van der Waals surface area contributed by atoms with Crippen molar-refractivity contribution < 1.29 is 9.53 Å². The molecule has 0 atom stereocenters. The second-order valence-corrected chi connectivity index (χ2v) is 5.15. The lowest BCUT2D eigenvalue weighted by Crippen LogP contribution is -2.15. The number of carbonyl (C=O) groups is 1. The number of carbonyl (C=O) groups excluding carboxylic acids is 1. The van der Waals surface area contributed by atoms with Crippen LogP contribution in [0, 0.1) is 13.8 Å². The van der Waals surface area contributed by atoms with Gasteiger partial charge in [0.05, 0.1) is 7.11 Å². The first-order valence-corrected chi connectivity index (χ1v) is 6.76. The number of ether oxygens (including phenoxy) is 1. The average molecular weight is 336 g/mol. The highest BCUT2D eigenvalue weighted by molar-refractivity contribution is 9.10. The van der Waals surface area contributed by atoms with Gasteiger partial charge in [0.25, 0.3) is 5.91 Å². The summed E-state index contributed by atoms with van der Waals surface area (Å²) in [4.78, 5) is 20.4. The van der Waals surface area contributed by atoms with Crippen LogP contribution in [0.2, 0.25) is 0 Å². The van der Waals surface area contributed by atoms with Crippen molar-refractivity contribution in [3.05, 3.63) is 45.6 Å². The van der Waals surface area contributed by atoms with Crippen LogP contribution < -0.4 is 10.1 Å². The number of halogens is 1. The van der Waals surface area contributed by atoms with E-state index in [1.807, 2.05) is 19.9 Å². The number of nitrogens with one attached hydrogen (secondary N) is 1. The van der Waals surface area contributed by atoms with Gasteiger partial charge in [0, 0.05) is 21.8 Å². The molecule has 0 saturated carbocycles. The summed E-state index contributed by atoms with van der Waals surface area (Å²) in [5.74, 6) is 0.389. The SMILES string of the molecule is COc1cc(C)nc(NC(=O)c2ccc(Br)c(C)c2)n1. The Labute approximate surface area is 125 Å². The molecular formula is C14H14BrN3O2. The van der Waals surface area contributed by atoms with Crippen LogP contribution in [0.1, 0.15) is 21.6 Å². The largest absolute Gasteiger partial charge is 0.481 e. The fourth-order valence-electron chi connectivity index (χ4n) is 1.66. The maximum absolute atomic E-state index is 12.1. The number of nitrogens with zero attached hydrogens (tertiary/aromatic N) is 2. The standard InChI is InChI=1S/C14H14BrN3O2/c1-8-6-10(4-5-11(8)15)13(19)18-14-16-9(2)7-12(17-14)20-3/h4-7H,1-3H3,(H,16,17,18,19). The molecule has 1 amide bonds. The van der Waals surface area contributed by atoms with Gasteiger partial charge in [-0.1, -0.05) is 15.9 Å². The molecule has 0 saturated heterocycles. The Bertz CT molecular complexity index is 659. The van der Waals surface area contributed by atoms with Gasteiger partial charge in [-0.3, -0.25) is 10.1 Å². The third kappa shape index (κ3) is 3.33. The van der Waals surface area contributed by atoms with E-state index in [1.54, 1.807) is 18.2 Å². The van der Waals surface area contributed by atoms with Gasteiger partial charge < -0.3 is 4.74 Å².